The molecule has 0 aliphatic rings. The number of carbonyl (C=O) groups is 1. The van der Waals surface area contributed by atoms with Gasteiger partial charge in [0.15, 0.2) is 0 Å². The summed E-state index contributed by atoms with van der Waals surface area (Å²) in [4.78, 5) is 11.9. The van der Waals surface area contributed by atoms with Gasteiger partial charge in [0.2, 0.25) is 11.1 Å². The largest absolute Gasteiger partial charge is 0.353 e. The Bertz CT molecular complexity index is 655. The van der Waals surface area contributed by atoms with E-state index in [4.69, 9.17) is 0 Å². The fraction of sp³-hybridized carbons (Fsp3) is 0.467. The highest BCUT2D eigenvalue weighted by Crippen LogP contribution is 2.22. The second-order valence-corrected chi connectivity index (χ2v) is 6.20. The van der Waals surface area contributed by atoms with E-state index in [2.05, 4.69) is 33.8 Å². The minimum absolute atomic E-state index is 0.00476. The zero-order valence-electron chi connectivity index (χ0n) is 13.3. The Morgan fingerprint density at radius 1 is 1.41 bits per heavy atom. The van der Waals surface area contributed by atoms with E-state index >= 15 is 0 Å². The fourth-order valence-corrected chi connectivity index (χ4v) is 2.63. The van der Waals surface area contributed by atoms with Gasteiger partial charge in [0.25, 0.3) is 0 Å². The van der Waals surface area contributed by atoms with Crippen LogP contribution in [0.25, 0.3) is 5.69 Å². The standard InChI is InChI=1S/C15H21N5OS/c1-5-11(3)16-14(21)9-22-15-17-18-19-20(15)13-8-6-7-10(2)12(13)4/h6-8,11H,5,9H2,1-4H3,(H,16,21)/t11-/m1/s1. The van der Waals surface area contributed by atoms with Gasteiger partial charge in [-0.1, -0.05) is 30.8 Å². The number of thioether (sulfide) groups is 1. The Labute approximate surface area is 134 Å². The number of hydrogen-bond donors (Lipinski definition) is 1. The lowest BCUT2D eigenvalue weighted by Crippen LogP contribution is -2.33. The Morgan fingerprint density at radius 2 is 2.18 bits per heavy atom. The van der Waals surface area contributed by atoms with E-state index in [1.54, 1.807) is 4.68 Å². The summed E-state index contributed by atoms with van der Waals surface area (Å²) >= 11 is 1.34. The number of hydrogen-bond acceptors (Lipinski definition) is 5. The number of rotatable bonds is 6. The van der Waals surface area contributed by atoms with E-state index in [-0.39, 0.29) is 11.9 Å². The molecule has 1 N–H and O–H groups in total. The van der Waals surface area contributed by atoms with Crippen LogP contribution in [0.15, 0.2) is 23.4 Å². The van der Waals surface area contributed by atoms with Crippen molar-refractivity contribution < 1.29 is 4.79 Å². The first-order valence-electron chi connectivity index (χ1n) is 7.30. The van der Waals surface area contributed by atoms with Gasteiger partial charge in [0.05, 0.1) is 11.4 Å². The summed E-state index contributed by atoms with van der Waals surface area (Å²) in [5.74, 6) is 0.296. The average molecular weight is 319 g/mol. The second kappa shape index (κ2) is 7.40. The highest BCUT2D eigenvalue weighted by molar-refractivity contribution is 7.99. The van der Waals surface area contributed by atoms with E-state index in [9.17, 15) is 4.79 Å². The summed E-state index contributed by atoms with van der Waals surface area (Å²) in [6.45, 7) is 8.12. The van der Waals surface area contributed by atoms with Gasteiger partial charge in [-0.25, -0.2) is 0 Å². The number of tetrazole rings is 1. The minimum Gasteiger partial charge on any atom is -0.353 e. The third kappa shape index (κ3) is 3.85. The molecule has 0 bridgehead atoms. The molecule has 2 rings (SSSR count). The summed E-state index contributed by atoms with van der Waals surface area (Å²) in [6.07, 6.45) is 0.913. The quantitative estimate of drug-likeness (QED) is 0.827. The van der Waals surface area contributed by atoms with Crippen LogP contribution in [0.4, 0.5) is 0 Å². The van der Waals surface area contributed by atoms with Gasteiger partial charge in [0.1, 0.15) is 0 Å². The normalized spacial score (nSPS) is 12.2. The monoisotopic (exact) mass is 319 g/mol. The average Bonchev–Trinajstić information content (AvgIpc) is 2.96. The van der Waals surface area contributed by atoms with Crippen LogP contribution in [0.5, 0.6) is 0 Å². The molecule has 7 heteroatoms. The predicted octanol–water partition coefficient (Wildman–Crippen LogP) is 2.29. The third-order valence-corrected chi connectivity index (χ3v) is 4.52. The Hall–Kier alpha value is -1.89. The summed E-state index contributed by atoms with van der Waals surface area (Å²) in [6, 6.07) is 6.18. The molecule has 118 valence electrons. The first-order valence-corrected chi connectivity index (χ1v) is 8.28. The molecule has 22 heavy (non-hydrogen) atoms. The first kappa shape index (κ1) is 16.5. The maximum atomic E-state index is 11.9. The Kier molecular flexibility index (Phi) is 5.54. The molecule has 0 aliphatic carbocycles. The minimum atomic E-state index is -0.00476. The highest BCUT2D eigenvalue weighted by atomic mass is 32.2. The van der Waals surface area contributed by atoms with Crippen LogP contribution in [-0.2, 0) is 4.79 Å². The Morgan fingerprint density at radius 3 is 2.91 bits per heavy atom. The molecule has 2 aromatic rings. The van der Waals surface area contributed by atoms with Crippen LogP contribution >= 0.6 is 11.8 Å². The van der Waals surface area contributed by atoms with Crippen molar-refractivity contribution in [3.63, 3.8) is 0 Å². The van der Waals surface area contributed by atoms with Crippen molar-refractivity contribution in [1.29, 1.82) is 0 Å². The van der Waals surface area contributed by atoms with Gasteiger partial charge in [-0.2, -0.15) is 4.68 Å². The van der Waals surface area contributed by atoms with Crippen molar-refractivity contribution in [3.05, 3.63) is 29.3 Å². The summed E-state index contributed by atoms with van der Waals surface area (Å²) in [5.41, 5.74) is 3.24. The van der Waals surface area contributed by atoms with Crippen molar-refractivity contribution in [3.8, 4) is 5.69 Å². The zero-order valence-corrected chi connectivity index (χ0v) is 14.1. The van der Waals surface area contributed by atoms with Crippen LogP contribution in [0.1, 0.15) is 31.4 Å². The maximum Gasteiger partial charge on any atom is 0.230 e. The molecule has 1 aromatic heterocycles. The summed E-state index contributed by atoms with van der Waals surface area (Å²) < 4.78 is 1.68. The molecule has 1 aromatic carbocycles. The van der Waals surface area contributed by atoms with E-state index in [1.165, 1.54) is 17.3 Å². The smallest absolute Gasteiger partial charge is 0.230 e. The van der Waals surface area contributed by atoms with Crippen molar-refractivity contribution in [2.75, 3.05) is 5.75 Å². The van der Waals surface area contributed by atoms with Gasteiger partial charge in [0, 0.05) is 6.04 Å². The molecule has 1 heterocycles. The highest BCUT2D eigenvalue weighted by Gasteiger charge is 2.14. The van der Waals surface area contributed by atoms with Gasteiger partial charge >= 0.3 is 0 Å². The molecule has 0 radical (unpaired) electrons. The lowest BCUT2D eigenvalue weighted by atomic mass is 10.1. The maximum absolute atomic E-state index is 11.9. The molecule has 0 unspecified atom stereocenters. The molecule has 0 aliphatic heterocycles. The second-order valence-electron chi connectivity index (χ2n) is 5.26. The third-order valence-electron chi connectivity index (χ3n) is 3.60. The van der Waals surface area contributed by atoms with Crippen molar-refractivity contribution >= 4 is 17.7 Å². The molecule has 0 spiro atoms. The molecule has 1 atom stereocenters. The molecular formula is C15H21N5OS. The lowest BCUT2D eigenvalue weighted by molar-refractivity contribution is -0.119. The number of nitrogens with one attached hydrogen (secondary N) is 1. The van der Waals surface area contributed by atoms with Crippen molar-refractivity contribution in [2.24, 2.45) is 0 Å². The van der Waals surface area contributed by atoms with Crippen molar-refractivity contribution in [1.82, 2.24) is 25.5 Å². The first-order chi connectivity index (χ1) is 10.5. The van der Waals surface area contributed by atoms with E-state index in [0.717, 1.165) is 17.7 Å². The predicted molar refractivity (Wildman–Crippen MR) is 87.2 cm³/mol. The van der Waals surface area contributed by atoms with Crippen LogP contribution in [0.3, 0.4) is 0 Å². The number of amides is 1. The summed E-state index contributed by atoms with van der Waals surface area (Å²) in [5, 5.41) is 15.4. The van der Waals surface area contributed by atoms with Crippen LogP contribution < -0.4 is 5.32 Å². The van der Waals surface area contributed by atoms with Crippen LogP contribution in [0, 0.1) is 13.8 Å². The number of carbonyl (C=O) groups excluding carboxylic acids is 1. The van der Waals surface area contributed by atoms with Gasteiger partial charge in [-0.15, -0.1) is 5.10 Å². The lowest BCUT2D eigenvalue weighted by Gasteiger charge is -2.11. The van der Waals surface area contributed by atoms with Crippen LogP contribution in [0.2, 0.25) is 0 Å². The number of aryl methyl sites for hydroxylation is 1. The molecule has 0 saturated heterocycles. The molecule has 6 nitrogen and oxygen atoms in total. The number of aromatic nitrogens is 4. The number of benzene rings is 1. The Balaban J connectivity index is 2.10. The SMILES string of the molecule is CC[C@@H](C)NC(=O)CSc1nnnn1-c1cccc(C)c1C. The number of nitrogens with zero attached hydrogens (tertiary/aromatic N) is 4. The van der Waals surface area contributed by atoms with Crippen molar-refractivity contribution in [2.45, 2.75) is 45.3 Å². The fourth-order valence-electron chi connectivity index (χ4n) is 1.93. The summed E-state index contributed by atoms with van der Waals surface area (Å²) in [7, 11) is 0. The van der Waals surface area contributed by atoms with E-state index < -0.39 is 0 Å². The topological polar surface area (TPSA) is 72.7 Å². The molecule has 1 amide bonds. The van der Waals surface area contributed by atoms with E-state index in [0.29, 0.717) is 10.9 Å². The van der Waals surface area contributed by atoms with Crippen LogP contribution in [-0.4, -0.2) is 37.9 Å². The zero-order chi connectivity index (χ0) is 16.1. The molecule has 0 fully saturated rings. The van der Waals surface area contributed by atoms with Gasteiger partial charge in [-0.3, -0.25) is 4.79 Å². The van der Waals surface area contributed by atoms with E-state index in [1.807, 2.05) is 32.9 Å². The van der Waals surface area contributed by atoms with Gasteiger partial charge in [-0.05, 0) is 54.8 Å². The van der Waals surface area contributed by atoms with Gasteiger partial charge < -0.3 is 5.32 Å². The molecule has 0 saturated carbocycles. The molecular weight excluding hydrogens is 298 g/mol.